The Morgan fingerprint density at radius 1 is 0.275 bits per heavy atom. The summed E-state index contributed by atoms with van der Waals surface area (Å²) in [6.07, 6.45) is 0. The van der Waals surface area contributed by atoms with Gasteiger partial charge in [-0.15, -0.1) is 34.0 Å². The lowest BCUT2D eigenvalue weighted by Crippen LogP contribution is -1.98. The molecule has 0 spiro atoms. The van der Waals surface area contributed by atoms with Crippen LogP contribution >= 0.6 is 34.0 Å². The molecule has 0 aliphatic carbocycles. The van der Waals surface area contributed by atoms with Gasteiger partial charge in [-0.3, -0.25) is 0 Å². The van der Waals surface area contributed by atoms with E-state index in [1.54, 1.807) is 34.0 Å². The van der Waals surface area contributed by atoms with Crippen LogP contribution in [0.2, 0.25) is 0 Å². The summed E-state index contributed by atoms with van der Waals surface area (Å²) in [5.74, 6) is 0. The Bertz CT molecular complexity index is 2910. The van der Waals surface area contributed by atoms with Crippen molar-refractivity contribution in [3.05, 3.63) is 132 Å². The number of hydrogen-bond acceptors (Lipinski definition) is 9. The van der Waals surface area contributed by atoms with E-state index in [4.69, 9.17) is 29.9 Å². The maximum absolute atomic E-state index is 5.50. The molecule has 51 heavy (non-hydrogen) atoms. The minimum atomic E-state index is 0.671. The summed E-state index contributed by atoms with van der Waals surface area (Å²) in [5.41, 5.74) is 13.4. The summed E-state index contributed by atoms with van der Waals surface area (Å²) >= 11 is 5.01. The van der Waals surface area contributed by atoms with Gasteiger partial charge in [0, 0.05) is 10.8 Å². The Labute approximate surface area is 302 Å². The van der Waals surface area contributed by atoms with Crippen LogP contribution in [0, 0.1) is 0 Å². The van der Waals surface area contributed by atoms with E-state index in [1.165, 1.54) is 0 Å². The molecule has 0 amide bonds. The van der Waals surface area contributed by atoms with Crippen LogP contribution in [0.4, 0.5) is 0 Å². The van der Waals surface area contributed by atoms with Gasteiger partial charge in [0.25, 0.3) is 0 Å². The molecule has 0 fully saturated rings. The van der Waals surface area contributed by atoms with E-state index in [9.17, 15) is 0 Å². The summed E-state index contributed by atoms with van der Waals surface area (Å²) in [6, 6.07) is 41.7. The zero-order valence-corrected chi connectivity index (χ0v) is 29.1. The topological polar surface area (TPSA) is 77.3 Å². The molecule has 0 radical (unpaired) electrons. The van der Waals surface area contributed by atoms with E-state index < -0.39 is 0 Å². The summed E-state index contributed by atoms with van der Waals surface area (Å²) < 4.78 is 0. The molecule has 0 aliphatic heterocycles. The average molecular weight is 707 g/mol. The third kappa shape index (κ3) is 4.45. The van der Waals surface area contributed by atoms with Crippen molar-refractivity contribution in [1.82, 2.24) is 29.9 Å². The normalized spacial score (nSPS) is 11.9. The van der Waals surface area contributed by atoms with Crippen LogP contribution in [0.3, 0.4) is 0 Å². The highest BCUT2D eigenvalue weighted by Crippen LogP contribution is 2.47. The van der Waals surface area contributed by atoms with Crippen molar-refractivity contribution >= 4 is 100 Å². The van der Waals surface area contributed by atoms with Gasteiger partial charge in [0.15, 0.2) is 0 Å². The van der Waals surface area contributed by atoms with Gasteiger partial charge in [-0.05, 0) is 22.3 Å². The van der Waals surface area contributed by atoms with Gasteiger partial charge in [-0.1, -0.05) is 121 Å². The van der Waals surface area contributed by atoms with E-state index in [0.29, 0.717) is 33.1 Å². The van der Waals surface area contributed by atoms with Crippen molar-refractivity contribution < 1.29 is 0 Å². The van der Waals surface area contributed by atoms with E-state index in [2.05, 4.69) is 97.1 Å². The second kappa shape index (κ2) is 11.3. The van der Waals surface area contributed by atoms with Crippen LogP contribution in [0.15, 0.2) is 132 Å². The maximum Gasteiger partial charge on any atom is 0.120 e. The second-order valence-corrected chi connectivity index (χ2v) is 15.1. The minimum Gasteiger partial charge on any atom is -0.241 e. The van der Waals surface area contributed by atoms with Crippen molar-refractivity contribution in [2.75, 3.05) is 0 Å². The van der Waals surface area contributed by atoms with Crippen LogP contribution in [-0.4, -0.2) is 29.9 Å². The molecule has 5 aromatic carbocycles. The van der Waals surface area contributed by atoms with E-state index in [1.807, 2.05) is 35.0 Å². The Morgan fingerprint density at radius 2 is 0.529 bits per heavy atom. The van der Waals surface area contributed by atoms with Crippen molar-refractivity contribution in [2.45, 2.75) is 0 Å². The number of nitrogens with zero attached hydrogens (tertiary/aromatic N) is 6. The molecule has 6 nitrogen and oxygen atoms in total. The molecule has 0 saturated heterocycles. The summed E-state index contributed by atoms with van der Waals surface area (Å²) in [7, 11) is 0. The third-order valence-electron chi connectivity index (χ3n) is 9.19. The van der Waals surface area contributed by atoms with E-state index in [0.717, 1.165) is 74.9 Å². The summed E-state index contributed by atoms with van der Waals surface area (Å²) in [6.45, 7) is 0. The molecular formula is C42H22N6S3. The molecule has 0 saturated carbocycles. The monoisotopic (exact) mass is 706 g/mol. The van der Waals surface area contributed by atoms with Crippen LogP contribution in [0.5, 0.6) is 0 Å². The van der Waals surface area contributed by atoms with Gasteiger partial charge < -0.3 is 0 Å². The number of thiophene rings is 3. The number of benzene rings is 5. The van der Waals surface area contributed by atoms with E-state index in [-0.39, 0.29) is 0 Å². The van der Waals surface area contributed by atoms with Gasteiger partial charge in [-0.2, -0.15) is 0 Å². The zero-order chi connectivity index (χ0) is 33.5. The number of aromatic nitrogens is 6. The van der Waals surface area contributed by atoms with Crippen molar-refractivity contribution in [1.29, 1.82) is 0 Å². The molecule has 6 aromatic heterocycles. The molecule has 11 rings (SSSR count). The Balaban J connectivity index is 1.34. The van der Waals surface area contributed by atoms with Gasteiger partial charge in [0.1, 0.15) is 66.2 Å². The fourth-order valence-corrected chi connectivity index (χ4v) is 9.88. The Kier molecular flexibility index (Phi) is 6.36. The van der Waals surface area contributed by atoms with E-state index >= 15 is 0 Å². The molecule has 238 valence electrons. The van der Waals surface area contributed by atoms with Gasteiger partial charge in [-0.25, -0.2) is 29.9 Å². The number of fused-ring (bicyclic) bond motifs is 9. The highest BCUT2D eigenvalue weighted by molar-refractivity contribution is 7.21. The minimum absolute atomic E-state index is 0.671. The first-order valence-corrected chi connectivity index (χ1v) is 19.0. The molecule has 0 aliphatic rings. The molecule has 11 aromatic rings. The predicted octanol–water partition coefficient (Wildman–Crippen LogP) is 11.8. The molecule has 0 atom stereocenters. The smallest absolute Gasteiger partial charge is 0.120 e. The molecular weight excluding hydrogens is 685 g/mol. The molecule has 9 heteroatoms. The summed E-state index contributed by atoms with van der Waals surface area (Å²) in [5, 5.41) is 4.06. The van der Waals surface area contributed by atoms with Gasteiger partial charge in [0.2, 0.25) is 0 Å². The quantitative estimate of drug-likeness (QED) is 0.170. The SMILES string of the molecule is c1ccc(-c2sc(-c3ccccc3)c3nc4c(nc23)c2nc3cscc3nc2c2nc3c(-c5ccccc5)sc(-c5ccccc5)c3nc24)cc1. The highest BCUT2D eigenvalue weighted by Gasteiger charge is 2.25. The van der Waals surface area contributed by atoms with Crippen LogP contribution < -0.4 is 0 Å². The van der Waals surface area contributed by atoms with Crippen LogP contribution in [-0.2, 0) is 0 Å². The van der Waals surface area contributed by atoms with Gasteiger partial charge in [0.05, 0.1) is 19.5 Å². The Morgan fingerprint density at radius 3 is 0.804 bits per heavy atom. The van der Waals surface area contributed by atoms with Crippen molar-refractivity contribution in [3.8, 4) is 41.8 Å². The number of rotatable bonds is 4. The fourth-order valence-electron chi connectivity index (χ4n) is 6.83. The maximum atomic E-state index is 5.50. The van der Waals surface area contributed by atoms with Crippen LogP contribution in [0.25, 0.3) is 108 Å². The average Bonchev–Trinajstić information content (AvgIpc) is 3.93. The fraction of sp³-hybridized carbons (Fsp3) is 0. The molecule has 6 heterocycles. The largest absolute Gasteiger partial charge is 0.241 e. The zero-order valence-electron chi connectivity index (χ0n) is 26.6. The standard InChI is InChI=1S/C42H22N6S3/c1-5-13-23(14-6-1)39-35-37(41(50-39)25-17-9-3-10-18-25)47-33-31(45-35)29-30(44-28-22-49-21-27(28)43-29)32-34(33)48-38-36(46-32)40(24-15-7-2-8-16-24)51-42(38)26-19-11-4-12-20-26/h1-22H. The lowest BCUT2D eigenvalue weighted by molar-refractivity contribution is 1.35. The van der Waals surface area contributed by atoms with Crippen LogP contribution in [0.1, 0.15) is 0 Å². The van der Waals surface area contributed by atoms with Gasteiger partial charge >= 0.3 is 0 Å². The number of hydrogen-bond donors (Lipinski definition) is 0. The predicted molar refractivity (Wildman–Crippen MR) is 214 cm³/mol. The van der Waals surface area contributed by atoms with Crippen molar-refractivity contribution in [2.24, 2.45) is 0 Å². The molecule has 0 unspecified atom stereocenters. The first kappa shape index (κ1) is 28.8. The lowest BCUT2D eigenvalue weighted by atomic mass is 10.1. The molecule has 0 bridgehead atoms. The highest BCUT2D eigenvalue weighted by atomic mass is 32.1. The summed E-state index contributed by atoms with van der Waals surface area (Å²) in [4.78, 5) is 36.6. The molecule has 0 N–H and O–H groups in total. The Hall–Kier alpha value is -6.00. The first-order chi connectivity index (χ1) is 25.3. The third-order valence-corrected chi connectivity index (χ3v) is 12.4. The van der Waals surface area contributed by atoms with Crippen molar-refractivity contribution in [3.63, 3.8) is 0 Å². The first-order valence-electron chi connectivity index (χ1n) is 16.4. The lowest BCUT2D eigenvalue weighted by Gasteiger charge is -2.09. The second-order valence-electron chi connectivity index (χ2n) is 12.3.